The molecule has 0 spiro atoms. The van der Waals surface area contributed by atoms with Crippen LogP contribution in [0.2, 0.25) is 0 Å². The van der Waals surface area contributed by atoms with E-state index in [1.807, 2.05) is 18.2 Å². The molecule has 0 bridgehead atoms. The molecule has 3 aromatic carbocycles. The van der Waals surface area contributed by atoms with Gasteiger partial charge in [0.05, 0.1) is 12.0 Å². The quantitative estimate of drug-likeness (QED) is 0.466. The Kier molecular flexibility index (Phi) is 4.22. The van der Waals surface area contributed by atoms with Gasteiger partial charge in [0, 0.05) is 10.1 Å². The SMILES string of the molecule is COc1ccc2c(Oc3ccc(O)cc3)c(-c3ccc(F)cc3)sc2c1. The van der Waals surface area contributed by atoms with Crippen LogP contribution in [0, 0.1) is 5.82 Å². The van der Waals surface area contributed by atoms with Crippen LogP contribution in [0.4, 0.5) is 4.39 Å². The van der Waals surface area contributed by atoms with E-state index in [1.165, 1.54) is 12.1 Å². The summed E-state index contributed by atoms with van der Waals surface area (Å²) in [6.07, 6.45) is 0. The topological polar surface area (TPSA) is 38.7 Å². The summed E-state index contributed by atoms with van der Waals surface area (Å²) in [4.78, 5) is 0.904. The van der Waals surface area contributed by atoms with Crippen molar-refractivity contribution in [2.45, 2.75) is 0 Å². The van der Waals surface area contributed by atoms with Crippen molar-refractivity contribution in [2.24, 2.45) is 0 Å². The van der Waals surface area contributed by atoms with E-state index in [-0.39, 0.29) is 11.6 Å². The number of hydrogen-bond donors (Lipinski definition) is 1. The van der Waals surface area contributed by atoms with Crippen molar-refractivity contribution in [3.05, 3.63) is 72.5 Å². The van der Waals surface area contributed by atoms with Crippen LogP contribution in [0.25, 0.3) is 20.5 Å². The van der Waals surface area contributed by atoms with Crippen LogP contribution in [-0.2, 0) is 0 Å². The number of aromatic hydroxyl groups is 1. The van der Waals surface area contributed by atoms with Gasteiger partial charge in [-0.1, -0.05) is 12.1 Å². The van der Waals surface area contributed by atoms with Crippen LogP contribution >= 0.6 is 11.3 Å². The molecule has 1 N–H and O–H groups in total. The van der Waals surface area contributed by atoms with E-state index in [9.17, 15) is 9.50 Å². The number of halogens is 1. The number of thiophene rings is 1. The summed E-state index contributed by atoms with van der Waals surface area (Å²) in [7, 11) is 1.63. The van der Waals surface area contributed by atoms with Crippen LogP contribution in [0.1, 0.15) is 0 Å². The van der Waals surface area contributed by atoms with Gasteiger partial charge in [-0.15, -0.1) is 11.3 Å². The zero-order chi connectivity index (χ0) is 18.1. The third-order valence-electron chi connectivity index (χ3n) is 4.01. The first kappa shape index (κ1) is 16.4. The molecular weight excluding hydrogens is 351 g/mol. The molecule has 0 aliphatic rings. The largest absolute Gasteiger partial charge is 0.508 e. The van der Waals surface area contributed by atoms with Gasteiger partial charge in [0.25, 0.3) is 0 Å². The minimum Gasteiger partial charge on any atom is -0.508 e. The Labute approximate surface area is 153 Å². The predicted molar refractivity (Wildman–Crippen MR) is 102 cm³/mol. The van der Waals surface area contributed by atoms with E-state index in [0.29, 0.717) is 11.5 Å². The summed E-state index contributed by atoms with van der Waals surface area (Å²) in [5.41, 5.74) is 0.875. The Morgan fingerprint density at radius 1 is 0.885 bits per heavy atom. The molecule has 0 aliphatic carbocycles. The molecule has 1 aromatic heterocycles. The highest BCUT2D eigenvalue weighted by Gasteiger charge is 2.17. The molecule has 0 unspecified atom stereocenters. The second kappa shape index (κ2) is 6.69. The highest BCUT2D eigenvalue weighted by atomic mass is 32.1. The van der Waals surface area contributed by atoms with Crippen molar-refractivity contribution < 1.29 is 19.0 Å². The number of fused-ring (bicyclic) bond motifs is 1. The van der Waals surface area contributed by atoms with Crippen molar-refractivity contribution >= 4 is 21.4 Å². The van der Waals surface area contributed by atoms with Gasteiger partial charge in [-0.05, 0) is 60.2 Å². The Balaban J connectivity index is 1.87. The molecule has 1 heterocycles. The van der Waals surface area contributed by atoms with Gasteiger partial charge in [-0.3, -0.25) is 0 Å². The van der Waals surface area contributed by atoms with E-state index in [0.717, 1.165) is 26.3 Å². The van der Waals surface area contributed by atoms with E-state index >= 15 is 0 Å². The molecule has 3 nitrogen and oxygen atoms in total. The Hall–Kier alpha value is -3.05. The number of phenolic OH excluding ortho intramolecular Hbond substituents is 1. The molecule has 26 heavy (non-hydrogen) atoms. The molecule has 0 saturated carbocycles. The smallest absolute Gasteiger partial charge is 0.153 e. The molecule has 0 fully saturated rings. The summed E-state index contributed by atoms with van der Waals surface area (Å²) in [5, 5.41) is 10.4. The fraction of sp³-hybridized carbons (Fsp3) is 0.0476. The van der Waals surface area contributed by atoms with E-state index < -0.39 is 0 Å². The van der Waals surface area contributed by atoms with Crippen LogP contribution in [-0.4, -0.2) is 12.2 Å². The molecule has 5 heteroatoms. The van der Waals surface area contributed by atoms with Crippen LogP contribution < -0.4 is 9.47 Å². The van der Waals surface area contributed by atoms with Gasteiger partial charge in [0.2, 0.25) is 0 Å². The van der Waals surface area contributed by atoms with Crippen molar-refractivity contribution in [3.8, 4) is 33.4 Å². The number of rotatable bonds is 4. The number of hydrogen-bond acceptors (Lipinski definition) is 4. The lowest BCUT2D eigenvalue weighted by Gasteiger charge is -2.08. The molecule has 0 amide bonds. The van der Waals surface area contributed by atoms with Gasteiger partial charge >= 0.3 is 0 Å². The number of methoxy groups -OCH3 is 1. The predicted octanol–water partition coefficient (Wildman–Crippen LogP) is 6.21. The zero-order valence-corrected chi connectivity index (χ0v) is 14.7. The summed E-state index contributed by atoms with van der Waals surface area (Å²) < 4.78 is 25.8. The van der Waals surface area contributed by atoms with Crippen molar-refractivity contribution in [2.75, 3.05) is 7.11 Å². The Morgan fingerprint density at radius 2 is 1.58 bits per heavy atom. The summed E-state index contributed by atoms with van der Waals surface area (Å²) in [6, 6.07) is 18.7. The number of phenols is 1. The third-order valence-corrected chi connectivity index (χ3v) is 5.20. The van der Waals surface area contributed by atoms with Crippen LogP contribution in [0.3, 0.4) is 0 Å². The summed E-state index contributed by atoms with van der Waals surface area (Å²) in [6.45, 7) is 0. The highest BCUT2D eigenvalue weighted by Crippen LogP contribution is 2.47. The minimum absolute atomic E-state index is 0.177. The maximum absolute atomic E-state index is 13.3. The van der Waals surface area contributed by atoms with Crippen LogP contribution in [0.5, 0.6) is 23.0 Å². The van der Waals surface area contributed by atoms with Gasteiger partial charge in [-0.2, -0.15) is 0 Å². The average molecular weight is 366 g/mol. The Bertz CT molecular complexity index is 1050. The molecule has 0 aliphatic heterocycles. The molecule has 0 saturated heterocycles. The number of ether oxygens (including phenoxy) is 2. The van der Waals surface area contributed by atoms with Crippen molar-refractivity contribution in [1.82, 2.24) is 0 Å². The molecule has 4 aromatic rings. The van der Waals surface area contributed by atoms with Crippen molar-refractivity contribution in [1.29, 1.82) is 0 Å². The maximum Gasteiger partial charge on any atom is 0.153 e. The number of benzene rings is 3. The van der Waals surface area contributed by atoms with Crippen LogP contribution in [0.15, 0.2) is 66.7 Å². The summed E-state index contributed by atoms with van der Waals surface area (Å²) >= 11 is 1.56. The first-order valence-corrected chi connectivity index (χ1v) is 8.79. The van der Waals surface area contributed by atoms with Gasteiger partial charge < -0.3 is 14.6 Å². The lowest BCUT2D eigenvalue weighted by molar-refractivity contribution is 0.415. The van der Waals surface area contributed by atoms with Gasteiger partial charge in [0.1, 0.15) is 23.1 Å². The first-order chi connectivity index (χ1) is 12.6. The second-order valence-corrected chi connectivity index (χ2v) is 6.78. The Morgan fingerprint density at radius 3 is 2.27 bits per heavy atom. The molecule has 0 atom stereocenters. The fourth-order valence-electron chi connectivity index (χ4n) is 2.70. The van der Waals surface area contributed by atoms with E-state index in [2.05, 4.69) is 0 Å². The maximum atomic E-state index is 13.3. The first-order valence-electron chi connectivity index (χ1n) is 7.97. The second-order valence-electron chi connectivity index (χ2n) is 5.73. The lowest BCUT2D eigenvalue weighted by Crippen LogP contribution is -1.86. The van der Waals surface area contributed by atoms with Gasteiger partial charge in [0.15, 0.2) is 5.75 Å². The molecule has 130 valence electrons. The third kappa shape index (κ3) is 3.09. The average Bonchev–Trinajstić information content (AvgIpc) is 3.01. The molecule has 4 rings (SSSR count). The fourth-order valence-corrected chi connectivity index (χ4v) is 3.87. The zero-order valence-electron chi connectivity index (χ0n) is 13.9. The molecule has 0 radical (unpaired) electrons. The minimum atomic E-state index is -0.280. The van der Waals surface area contributed by atoms with E-state index in [1.54, 1.807) is 54.8 Å². The summed E-state index contributed by atoms with van der Waals surface area (Å²) in [5.74, 6) is 1.97. The standard InChI is InChI=1S/C21H15FO3S/c1-24-17-10-11-18-19(12-17)26-21(13-2-4-14(22)5-3-13)20(18)25-16-8-6-15(23)7-9-16/h2-12,23H,1H3. The molecular formula is C21H15FO3S. The lowest BCUT2D eigenvalue weighted by atomic mass is 10.1. The van der Waals surface area contributed by atoms with Gasteiger partial charge in [-0.25, -0.2) is 4.39 Å². The van der Waals surface area contributed by atoms with Crippen molar-refractivity contribution in [3.63, 3.8) is 0 Å². The highest BCUT2D eigenvalue weighted by molar-refractivity contribution is 7.22. The van der Waals surface area contributed by atoms with E-state index in [4.69, 9.17) is 9.47 Å². The monoisotopic (exact) mass is 366 g/mol. The normalized spacial score (nSPS) is 10.8.